The molecule has 3 aromatic carbocycles. The summed E-state index contributed by atoms with van der Waals surface area (Å²) in [4.78, 5) is 75.7. The zero-order valence-corrected chi connectivity index (χ0v) is 29.1. The number of alkyl carbamates (subject to hydrolysis) is 1. The molecule has 274 valence electrons. The second kappa shape index (κ2) is 17.0. The smallest absolute Gasteiger partial charge is 0.407 e. The molecule has 0 unspecified atom stereocenters. The van der Waals surface area contributed by atoms with Crippen LogP contribution < -0.4 is 10.6 Å². The number of carbonyl (C=O) groups is 6. The average Bonchev–Trinajstić information content (AvgIpc) is 3.42. The van der Waals surface area contributed by atoms with Crippen molar-refractivity contribution in [3.8, 4) is 11.1 Å². The molecule has 2 aliphatic rings. The molecule has 0 bridgehead atoms. The average molecular weight is 717 g/mol. The van der Waals surface area contributed by atoms with Crippen molar-refractivity contribution >= 4 is 35.9 Å². The van der Waals surface area contributed by atoms with E-state index in [1.165, 1.54) is 0 Å². The summed E-state index contributed by atoms with van der Waals surface area (Å²) in [5, 5.41) is 5.29. The van der Waals surface area contributed by atoms with Crippen LogP contribution in [0.5, 0.6) is 0 Å². The predicted molar refractivity (Wildman–Crippen MR) is 182 cm³/mol. The molecule has 1 aliphatic carbocycles. The Morgan fingerprint density at radius 1 is 0.635 bits per heavy atom. The molecule has 1 heterocycles. The summed E-state index contributed by atoms with van der Waals surface area (Å²) < 4.78 is 33.2. The minimum absolute atomic E-state index is 0.000765. The van der Waals surface area contributed by atoms with E-state index in [9.17, 15) is 28.8 Å². The third-order valence-corrected chi connectivity index (χ3v) is 8.51. The molecule has 1 aliphatic heterocycles. The highest BCUT2D eigenvalue weighted by Gasteiger charge is 2.53. The topological polar surface area (TPSA) is 182 Å². The molecule has 0 saturated carbocycles. The minimum Gasteiger partial charge on any atom is -0.463 e. The van der Waals surface area contributed by atoms with Crippen LogP contribution >= 0.6 is 0 Å². The number of hydrogen-bond donors (Lipinski definition) is 2. The molecule has 6 atom stereocenters. The van der Waals surface area contributed by atoms with Crippen LogP contribution in [-0.4, -0.2) is 85.8 Å². The van der Waals surface area contributed by atoms with Crippen molar-refractivity contribution in [2.45, 2.75) is 76.7 Å². The molecule has 0 spiro atoms. The van der Waals surface area contributed by atoms with Crippen molar-refractivity contribution in [3.63, 3.8) is 0 Å². The second-order valence-corrected chi connectivity index (χ2v) is 12.3. The Morgan fingerprint density at radius 2 is 1.17 bits per heavy atom. The monoisotopic (exact) mass is 716 g/mol. The number of fused-ring (bicyclic) bond motifs is 3. The lowest BCUT2D eigenvalue weighted by atomic mass is 9.96. The number of nitrogens with one attached hydrogen (secondary N) is 2. The standard InChI is InChI=1S/C38H40N2O12/c1-21(41)47-20-32-33(49-22(2)42)34(50-23(3)43)35(51-24(4)44)37(52-32)40-36(45)31(18-25-12-6-5-7-13-25)39-38(46)48-19-30-28-16-10-8-14-26(28)27-15-9-11-17-29(27)30/h5-17,30-35,37H,18-20H2,1-4H3,(H,39,46)(H,40,45)/t31-,32+,33+,34-,35+,37+/m0/s1. The first kappa shape index (κ1) is 37.5. The van der Waals surface area contributed by atoms with E-state index in [0.29, 0.717) is 5.56 Å². The molecular weight excluding hydrogens is 676 g/mol. The van der Waals surface area contributed by atoms with Crippen LogP contribution in [0.1, 0.15) is 50.3 Å². The SMILES string of the molecule is CC(=O)OC[C@H]1O[C@@H](NC(=O)[C@H](Cc2ccccc2)NC(=O)OCC2c3ccccc3-c3ccccc32)[C@H](OC(C)=O)[C@@H](OC(C)=O)[C@@H]1OC(C)=O. The molecule has 14 heteroatoms. The lowest BCUT2D eigenvalue weighted by molar-refractivity contribution is -0.257. The first-order chi connectivity index (χ1) is 24.9. The number of esters is 4. The quantitative estimate of drug-likeness (QED) is 0.206. The van der Waals surface area contributed by atoms with E-state index >= 15 is 0 Å². The lowest BCUT2D eigenvalue weighted by Crippen LogP contribution is -2.67. The Kier molecular flexibility index (Phi) is 12.2. The highest BCUT2D eigenvalue weighted by Crippen LogP contribution is 2.44. The van der Waals surface area contributed by atoms with Gasteiger partial charge >= 0.3 is 30.0 Å². The van der Waals surface area contributed by atoms with Gasteiger partial charge in [-0.2, -0.15) is 0 Å². The molecule has 0 radical (unpaired) electrons. The number of carbonyl (C=O) groups excluding carboxylic acids is 6. The summed E-state index contributed by atoms with van der Waals surface area (Å²) >= 11 is 0. The van der Waals surface area contributed by atoms with E-state index < -0.39 is 79.2 Å². The van der Waals surface area contributed by atoms with E-state index in [1.54, 1.807) is 30.3 Å². The number of amides is 2. The molecule has 3 aromatic rings. The van der Waals surface area contributed by atoms with Crippen molar-refractivity contribution in [1.82, 2.24) is 10.6 Å². The Hall–Kier alpha value is -5.76. The number of rotatable bonds is 12. The molecule has 52 heavy (non-hydrogen) atoms. The molecule has 1 saturated heterocycles. The van der Waals surface area contributed by atoms with Gasteiger partial charge in [-0.1, -0.05) is 78.9 Å². The van der Waals surface area contributed by atoms with Crippen LogP contribution in [0.15, 0.2) is 78.9 Å². The van der Waals surface area contributed by atoms with Gasteiger partial charge in [0.05, 0.1) is 0 Å². The van der Waals surface area contributed by atoms with Crippen LogP contribution in [0.2, 0.25) is 0 Å². The van der Waals surface area contributed by atoms with Crippen LogP contribution in [-0.2, 0) is 58.8 Å². The fraction of sp³-hybridized carbons (Fsp3) is 0.368. The second-order valence-electron chi connectivity index (χ2n) is 12.3. The number of benzene rings is 3. The molecule has 2 amide bonds. The van der Waals surface area contributed by atoms with Gasteiger partial charge in [-0.15, -0.1) is 0 Å². The van der Waals surface area contributed by atoms with Gasteiger partial charge < -0.3 is 39.1 Å². The van der Waals surface area contributed by atoms with Crippen molar-refractivity contribution in [1.29, 1.82) is 0 Å². The maximum Gasteiger partial charge on any atom is 0.407 e. The summed E-state index contributed by atoms with van der Waals surface area (Å²) in [6.07, 6.45) is -8.09. The lowest BCUT2D eigenvalue weighted by Gasteiger charge is -2.44. The fourth-order valence-electron chi connectivity index (χ4n) is 6.43. The normalized spacial score (nSPS) is 21.0. The first-order valence-electron chi connectivity index (χ1n) is 16.7. The van der Waals surface area contributed by atoms with Crippen LogP contribution in [0.25, 0.3) is 11.1 Å². The van der Waals surface area contributed by atoms with Crippen molar-refractivity contribution in [2.75, 3.05) is 13.2 Å². The van der Waals surface area contributed by atoms with E-state index in [2.05, 4.69) is 10.6 Å². The number of ether oxygens (including phenoxy) is 6. The summed E-state index contributed by atoms with van der Waals surface area (Å²) in [5.41, 5.74) is 4.83. The van der Waals surface area contributed by atoms with Gasteiger partial charge in [-0.25, -0.2) is 4.79 Å². The van der Waals surface area contributed by atoms with Gasteiger partial charge in [-0.3, -0.25) is 24.0 Å². The van der Waals surface area contributed by atoms with Gasteiger partial charge in [0.1, 0.15) is 25.4 Å². The largest absolute Gasteiger partial charge is 0.463 e. The number of hydrogen-bond acceptors (Lipinski definition) is 12. The van der Waals surface area contributed by atoms with Crippen LogP contribution in [0.4, 0.5) is 4.79 Å². The van der Waals surface area contributed by atoms with Crippen LogP contribution in [0, 0.1) is 0 Å². The zero-order valence-electron chi connectivity index (χ0n) is 29.1. The summed E-state index contributed by atoms with van der Waals surface area (Å²) in [5.74, 6) is -4.14. The summed E-state index contributed by atoms with van der Waals surface area (Å²) in [6.45, 7) is 3.96. The van der Waals surface area contributed by atoms with Gasteiger partial charge in [0.2, 0.25) is 5.91 Å². The maximum absolute atomic E-state index is 14.1. The molecule has 0 aromatic heterocycles. The minimum atomic E-state index is -1.53. The van der Waals surface area contributed by atoms with Crippen LogP contribution in [0.3, 0.4) is 0 Å². The maximum atomic E-state index is 14.1. The highest BCUT2D eigenvalue weighted by atomic mass is 16.7. The highest BCUT2D eigenvalue weighted by molar-refractivity contribution is 5.86. The molecule has 1 fully saturated rings. The molecular formula is C38H40N2O12. The van der Waals surface area contributed by atoms with E-state index in [0.717, 1.165) is 49.9 Å². The van der Waals surface area contributed by atoms with Gasteiger partial charge in [0.15, 0.2) is 24.5 Å². The third-order valence-electron chi connectivity index (χ3n) is 8.51. The Balaban J connectivity index is 1.38. The van der Waals surface area contributed by atoms with E-state index in [1.807, 2.05) is 48.5 Å². The van der Waals surface area contributed by atoms with Gasteiger partial charge in [0.25, 0.3) is 0 Å². The fourth-order valence-corrected chi connectivity index (χ4v) is 6.43. The van der Waals surface area contributed by atoms with Crippen molar-refractivity contribution in [3.05, 3.63) is 95.6 Å². The van der Waals surface area contributed by atoms with Crippen molar-refractivity contribution in [2.24, 2.45) is 0 Å². The summed E-state index contributed by atoms with van der Waals surface area (Å²) in [7, 11) is 0. The Labute approximate surface area is 300 Å². The zero-order chi connectivity index (χ0) is 37.4. The van der Waals surface area contributed by atoms with Crippen molar-refractivity contribution < 1.29 is 57.2 Å². The molecule has 14 nitrogen and oxygen atoms in total. The van der Waals surface area contributed by atoms with E-state index in [-0.39, 0.29) is 18.9 Å². The third kappa shape index (κ3) is 9.31. The molecule has 2 N–H and O–H groups in total. The molecule has 5 rings (SSSR count). The Bertz CT molecular complexity index is 1750. The summed E-state index contributed by atoms with van der Waals surface area (Å²) in [6, 6.07) is 23.4. The Morgan fingerprint density at radius 3 is 1.75 bits per heavy atom. The predicted octanol–water partition coefficient (Wildman–Crippen LogP) is 3.34. The van der Waals surface area contributed by atoms with E-state index in [4.69, 9.17) is 28.4 Å². The van der Waals surface area contributed by atoms with Gasteiger partial charge in [-0.05, 0) is 27.8 Å². The first-order valence-corrected chi connectivity index (χ1v) is 16.7. The van der Waals surface area contributed by atoms with Gasteiger partial charge in [0, 0.05) is 40.0 Å².